The van der Waals surface area contributed by atoms with E-state index in [0.717, 1.165) is 95.8 Å². The van der Waals surface area contributed by atoms with Gasteiger partial charge in [-0.25, -0.2) is 9.13 Å². The zero-order chi connectivity index (χ0) is 69.1. The molecular weight excluding hydrogens is 1230 g/mol. The van der Waals surface area contributed by atoms with Crippen molar-refractivity contribution in [3.8, 4) is 0 Å². The fourth-order valence-corrected chi connectivity index (χ4v) is 13.1. The van der Waals surface area contributed by atoms with Gasteiger partial charge in [0.05, 0.1) is 26.4 Å². The zero-order valence-corrected chi connectivity index (χ0v) is 62.9. The molecule has 0 amide bonds. The van der Waals surface area contributed by atoms with Crippen LogP contribution in [0.4, 0.5) is 0 Å². The number of aliphatic hydroxyl groups excluding tert-OH is 1. The zero-order valence-electron chi connectivity index (χ0n) is 61.1. The van der Waals surface area contributed by atoms with E-state index in [9.17, 15) is 43.2 Å². The molecule has 0 radical (unpaired) electrons. The van der Waals surface area contributed by atoms with Crippen molar-refractivity contribution < 1.29 is 80.2 Å². The van der Waals surface area contributed by atoms with Gasteiger partial charge in [-0.2, -0.15) is 0 Å². The van der Waals surface area contributed by atoms with Crippen LogP contribution in [0.15, 0.2) is 0 Å². The highest BCUT2D eigenvalue weighted by Crippen LogP contribution is 2.45. The average molecular weight is 1380 g/mol. The van der Waals surface area contributed by atoms with Crippen molar-refractivity contribution in [2.24, 2.45) is 5.92 Å². The first-order valence-electron chi connectivity index (χ1n) is 39.1. The molecule has 17 nitrogen and oxygen atoms in total. The first-order valence-corrected chi connectivity index (χ1v) is 42.1. The summed E-state index contributed by atoms with van der Waals surface area (Å²) < 4.78 is 68.5. The van der Waals surface area contributed by atoms with Gasteiger partial charge in [-0.1, -0.05) is 343 Å². The molecule has 0 heterocycles. The van der Waals surface area contributed by atoms with Crippen molar-refractivity contribution in [1.29, 1.82) is 0 Å². The third kappa shape index (κ3) is 68.6. The van der Waals surface area contributed by atoms with Crippen molar-refractivity contribution in [1.82, 2.24) is 0 Å². The summed E-state index contributed by atoms with van der Waals surface area (Å²) in [4.78, 5) is 72.8. The van der Waals surface area contributed by atoms with E-state index in [1.165, 1.54) is 218 Å². The fourth-order valence-electron chi connectivity index (χ4n) is 11.5. The molecule has 0 saturated heterocycles. The van der Waals surface area contributed by atoms with Crippen molar-refractivity contribution in [3.05, 3.63) is 0 Å². The maximum atomic E-state index is 13.1. The summed E-state index contributed by atoms with van der Waals surface area (Å²) in [6.07, 6.45) is 56.6. The third-order valence-electron chi connectivity index (χ3n) is 17.5. The number of unbranched alkanes of at least 4 members (excludes halogenated alkanes) is 47. The second-order valence-corrected chi connectivity index (χ2v) is 30.4. The highest BCUT2D eigenvalue weighted by Gasteiger charge is 2.30. The number of ether oxygens (including phenoxy) is 4. The summed E-state index contributed by atoms with van der Waals surface area (Å²) in [5, 5.41) is 10.6. The van der Waals surface area contributed by atoms with E-state index >= 15 is 0 Å². The van der Waals surface area contributed by atoms with Gasteiger partial charge in [0.2, 0.25) is 0 Å². The Morgan fingerprint density at radius 1 is 0.287 bits per heavy atom. The van der Waals surface area contributed by atoms with Gasteiger partial charge in [-0.05, 0) is 31.6 Å². The first kappa shape index (κ1) is 92.1. The molecule has 0 aromatic heterocycles. The van der Waals surface area contributed by atoms with Crippen LogP contribution >= 0.6 is 15.6 Å². The van der Waals surface area contributed by atoms with E-state index in [1.807, 2.05) is 0 Å². The number of carbonyl (C=O) groups excluding carboxylic acids is 4. The number of phosphoric acid groups is 2. The topological polar surface area (TPSA) is 237 Å². The smallest absolute Gasteiger partial charge is 0.462 e. The molecule has 0 aliphatic rings. The number of hydrogen-bond donors (Lipinski definition) is 3. The highest BCUT2D eigenvalue weighted by atomic mass is 31.2. The molecule has 94 heavy (non-hydrogen) atoms. The Balaban J connectivity index is 5.23. The van der Waals surface area contributed by atoms with Gasteiger partial charge in [-0.15, -0.1) is 0 Å². The second-order valence-electron chi connectivity index (χ2n) is 27.5. The minimum absolute atomic E-state index is 0.108. The molecule has 19 heteroatoms. The first-order chi connectivity index (χ1) is 45.5. The Morgan fingerprint density at radius 3 is 0.723 bits per heavy atom. The van der Waals surface area contributed by atoms with E-state index < -0.39 is 97.5 Å². The Hall–Kier alpha value is -1.94. The standard InChI is InChI=1S/C75H146O17P2/c1-6-9-12-15-18-21-24-33-38-43-48-53-58-72(77)85-64-70(91-74(79)60-55-50-45-40-35-26-23-20-17-14-11-8-3)66-89-93(81,82)87-62-69(76)63-88-94(83,84)90-67-71(65-86-73(78)59-54-49-44-39-34-25-22-19-16-13-10-7-2)92-75(80)61-56-51-46-41-36-31-29-27-28-30-32-37-42-47-52-57-68(4)5/h68-71,76H,6-67H2,1-5H3,(H,81,82)(H,83,84)/t69-,70+,71+/m0/s1. The fraction of sp³-hybridized carbons (Fsp3) is 0.947. The van der Waals surface area contributed by atoms with Crippen LogP contribution < -0.4 is 0 Å². The Bertz CT molecular complexity index is 1810. The second kappa shape index (κ2) is 68.2. The van der Waals surface area contributed by atoms with Gasteiger partial charge >= 0.3 is 39.5 Å². The van der Waals surface area contributed by atoms with E-state index in [0.29, 0.717) is 25.7 Å². The normalized spacial score (nSPS) is 14.0. The lowest BCUT2D eigenvalue weighted by atomic mass is 10.0. The van der Waals surface area contributed by atoms with Gasteiger partial charge in [-0.3, -0.25) is 37.3 Å². The molecule has 0 aliphatic heterocycles. The predicted octanol–water partition coefficient (Wildman–Crippen LogP) is 22.1. The number of carbonyl (C=O) groups is 4. The van der Waals surface area contributed by atoms with Crippen molar-refractivity contribution >= 4 is 39.5 Å². The van der Waals surface area contributed by atoms with Crippen LogP contribution in [-0.2, 0) is 65.4 Å². The molecule has 2 unspecified atom stereocenters. The van der Waals surface area contributed by atoms with Gasteiger partial charge < -0.3 is 33.8 Å². The lowest BCUT2D eigenvalue weighted by molar-refractivity contribution is -0.161. The quantitative estimate of drug-likeness (QED) is 0.0222. The van der Waals surface area contributed by atoms with Crippen LogP contribution in [0, 0.1) is 5.92 Å². The van der Waals surface area contributed by atoms with Crippen LogP contribution in [0.5, 0.6) is 0 Å². The van der Waals surface area contributed by atoms with Crippen LogP contribution in [0.3, 0.4) is 0 Å². The summed E-state index contributed by atoms with van der Waals surface area (Å²) in [6.45, 7) is 7.32. The maximum Gasteiger partial charge on any atom is 0.472 e. The number of phosphoric ester groups is 2. The molecule has 5 atom stereocenters. The maximum absolute atomic E-state index is 13.1. The highest BCUT2D eigenvalue weighted by molar-refractivity contribution is 7.47. The van der Waals surface area contributed by atoms with E-state index in [1.54, 1.807) is 0 Å². The number of hydrogen-bond acceptors (Lipinski definition) is 15. The van der Waals surface area contributed by atoms with Crippen LogP contribution in [-0.4, -0.2) is 96.7 Å². The molecular formula is C75H146O17P2. The van der Waals surface area contributed by atoms with Crippen molar-refractivity contribution in [2.75, 3.05) is 39.6 Å². The van der Waals surface area contributed by atoms with E-state index in [-0.39, 0.29) is 25.7 Å². The van der Waals surface area contributed by atoms with Gasteiger partial charge in [0.15, 0.2) is 12.2 Å². The van der Waals surface area contributed by atoms with Crippen molar-refractivity contribution in [2.45, 2.75) is 412 Å². The molecule has 0 aromatic rings. The molecule has 0 rings (SSSR count). The molecule has 0 bridgehead atoms. The minimum atomic E-state index is -4.95. The molecule has 3 N–H and O–H groups in total. The van der Waals surface area contributed by atoms with Gasteiger partial charge in [0.25, 0.3) is 0 Å². The lowest BCUT2D eigenvalue weighted by Gasteiger charge is -2.21. The Labute approximate surface area is 575 Å². The summed E-state index contributed by atoms with van der Waals surface area (Å²) in [5.41, 5.74) is 0. The molecule has 0 spiro atoms. The summed E-state index contributed by atoms with van der Waals surface area (Å²) in [5.74, 6) is -1.31. The molecule has 0 aliphatic carbocycles. The summed E-state index contributed by atoms with van der Waals surface area (Å²) in [7, 11) is -9.91. The van der Waals surface area contributed by atoms with Gasteiger partial charge in [0, 0.05) is 25.7 Å². The number of aliphatic hydroxyl groups is 1. The summed E-state index contributed by atoms with van der Waals surface area (Å²) in [6, 6.07) is 0. The van der Waals surface area contributed by atoms with Crippen LogP contribution in [0.2, 0.25) is 0 Å². The molecule has 0 saturated carbocycles. The van der Waals surface area contributed by atoms with E-state index in [4.69, 9.17) is 37.0 Å². The Kier molecular flexibility index (Phi) is 66.8. The van der Waals surface area contributed by atoms with Crippen LogP contribution in [0.1, 0.15) is 394 Å². The number of esters is 4. The monoisotopic (exact) mass is 1380 g/mol. The minimum Gasteiger partial charge on any atom is -0.462 e. The Morgan fingerprint density at radius 2 is 0.489 bits per heavy atom. The predicted molar refractivity (Wildman–Crippen MR) is 382 cm³/mol. The van der Waals surface area contributed by atoms with Crippen LogP contribution in [0.25, 0.3) is 0 Å². The lowest BCUT2D eigenvalue weighted by Crippen LogP contribution is -2.30. The SMILES string of the molecule is CCCCCCCCCCCCCCC(=O)OC[C@H](COP(=O)(O)OC[C@H](O)COP(=O)(O)OC[C@@H](COC(=O)CCCCCCCCCCCCCC)OC(=O)CCCCCCCCCCCCCCCCCC(C)C)OC(=O)CCCCCCCCCCCCCC. The molecule has 558 valence electrons. The molecule has 0 aromatic carbocycles. The third-order valence-corrected chi connectivity index (χ3v) is 19.4. The summed E-state index contributed by atoms with van der Waals surface area (Å²) >= 11 is 0. The molecule has 0 fully saturated rings. The number of rotatable bonds is 75. The van der Waals surface area contributed by atoms with Crippen molar-refractivity contribution in [3.63, 3.8) is 0 Å². The van der Waals surface area contributed by atoms with E-state index in [2.05, 4.69) is 34.6 Å². The van der Waals surface area contributed by atoms with Gasteiger partial charge in [0.1, 0.15) is 19.3 Å². The average Bonchev–Trinajstić information content (AvgIpc) is 1.55. The largest absolute Gasteiger partial charge is 0.472 e.